The van der Waals surface area contributed by atoms with Crippen LogP contribution in [0, 0.1) is 0 Å². The summed E-state index contributed by atoms with van der Waals surface area (Å²) in [5, 5.41) is 13.4. The Morgan fingerprint density at radius 1 is 0.738 bits per heavy atom. The molecule has 0 fully saturated rings. The van der Waals surface area contributed by atoms with Crippen LogP contribution in [0.5, 0.6) is 11.5 Å². The molecule has 6 rings (SSSR count). The molecule has 15 heteroatoms. The molecule has 0 bridgehead atoms. The highest BCUT2D eigenvalue weighted by Gasteiger charge is 2.28. The lowest BCUT2D eigenvalue weighted by atomic mass is 10.2. The summed E-state index contributed by atoms with van der Waals surface area (Å²) in [4.78, 5) is 17.1. The predicted molar refractivity (Wildman–Crippen MR) is 230 cm³/mol. The summed E-state index contributed by atoms with van der Waals surface area (Å²) < 4.78 is 64.5. The van der Waals surface area contributed by atoms with Gasteiger partial charge in [0, 0.05) is 44.5 Å². The zero-order chi connectivity index (χ0) is 43.5. The van der Waals surface area contributed by atoms with Crippen molar-refractivity contribution in [2.75, 3.05) is 78.8 Å². The van der Waals surface area contributed by atoms with Gasteiger partial charge in [0.05, 0.1) is 60.4 Å². The van der Waals surface area contributed by atoms with E-state index in [2.05, 4.69) is 109 Å². The molecule has 1 aliphatic carbocycles. The van der Waals surface area contributed by atoms with Crippen molar-refractivity contribution in [2.24, 2.45) is 0 Å². The van der Waals surface area contributed by atoms with Gasteiger partial charge >= 0.3 is 6.18 Å². The second kappa shape index (κ2) is 24.0. The van der Waals surface area contributed by atoms with Crippen LogP contribution < -0.4 is 34.7 Å². The number of ether oxygens (including phenoxy) is 5. The summed E-state index contributed by atoms with van der Waals surface area (Å²) in [6.45, 7) is 6.54. The van der Waals surface area contributed by atoms with Crippen molar-refractivity contribution < 1.29 is 46.8 Å². The molecule has 0 atom stereocenters. The minimum absolute atomic E-state index is 0.472. The van der Waals surface area contributed by atoms with Crippen LogP contribution in [0.25, 0.3) is 20.8 Å². The highest BCUT2D eigenvalue weighted by molar-refractivity contribution is 7.21. The topological polar surface area (TPSA) is 117 Å². The zero-order valence-electron chi connectivity index (χ0n) is 34.5. The molecule has 4 aromatic carbocycles. The second-order valence-electron chi connectivity index (χ2n) is 14.0. The molecule has 61 heavy (non-hydrogen) atoms. The fourth-order valence-corrected chi connectivity index (χ4v) is 6.77. The number of hydrogen-bond donors (Lipinski definition) is 1. The van der Waals surface area contributed by atoms with E-state index in [4.69, 9.17) is 38.6 Å². The number of aromatic nitrogens is 1. The van der Waals surface area contributed by atoms with Gasteiger partial charge in [0.25, 0.3) is 0 Å². The number of halogens is 3. The average Bonchev–Trinajstić information content (AvgIpc) is 3.26. The standard InChI is InChI=1S/C44H51N4O5S.C2HF3O2/c1-47(2)37-15-17-39-43(29-37)54-44-30-38(16-18-40(44)46-39)48(3)21-23-50-25-27-51-26-24-49-22-20-45-31-36-14-19-41(52-32-34-10-6-4-7-11-34)42(28-36)53-33-35-12-8-5-9-13-35;3-2(4,5)1(6)7/h4-19,28-30,45H,20-27,31-33H2,1-3H3;(H,6,7)/q+1;/p-1. The Bertz CT molecular complexity index is 2290. The number of benzene rings is 5. The van der Waals surface area contributed by atoms with E-state index >= 15 is 0 Å². The molecule has 1 heterocycles. The van der Waals surface area contributed by atoms with E-state index in [1.54, 1.807) is 11.3 Å². The maximum absolute atomic E-state index is 10.5. The smallest absolute Gasteiger partial charge is 0.430 e. The number of carboxylic acid groups (broad SMARTS) is 1. The summed E-state index contributed by atoms with van der Waals surface area (Å²) >= 11 is 1.78. The Morgan fingerprint density at radius 3 is 1.97 bits per heavy atom. The van der Waals surface area contributed by atoms with E-state index in [1.165, 1.54) is 14.9 Å². The van der Waals surface area contributed by atoms with Crippen molar-refractivity contribution in [1.29, 1.82) is 0 Å². The van der Waals surface area contributed by atoms with Crippen LogP contribution in [-0.4, -0.2) is 91.0 Å². The molecule has 2 aliphatic rings. The lowest BCUT2D eigenvalue weighted by molar-refractivity contribution is -0.344. The second-order valence-corrected chi connectivity index (χ2v) is 15.0. The lowest BCUT2D eigenvalue weighted by Crippen LogP contribution is -2.37. The number of carbonyl (C=O) groups is 1. The van der Waals surface area contributed by atoms with Gasteiger partial charge in [-0.2, -0.15) is 13.2 Å². The van der Waals surface area contributed by atoms with Gasteiger partial charge in [0.15, 0.2) is 11.5 Å². The van der Waals surface area contributed by atoms with E-state index in [9.17, 15) is 13.2 Å². The van der Waals surface area contributed by atoms with Crippen LogP contribution in [0.1, 0.15) is 16.7 Å². The van der Waals surface area contributed by atoms with Crippen molar-refractivity contribution in [2.45, 2.75) is 25.9 Å². The number of aliphatic carboxylic acids is 1. The normalized spacial score (nSPS) is 11.2. The predicted octanol–water partition coefficient (Wildman–Crippen LogP) is 6.17. The Kier molecular flexibility index (Phi) is 18.3. The number of carboxylic acids is 1. The van der Waals surface area contributed by atoms with Crippen molar-refractivity contribution in [3.05, 3.63) is 137 Å². The summed E-state index contributed by atoms with van der Waals surface area (Å²) in [7, 11) is 6.21. The van der Waals surface area contributed by atoms with Crippen LogP contribution in [0.3, 0.4) is 0 Å². The quantitative estimate of drug-likeness (QED) is 0.0513. The number of fused-ring (bicyclic) bond motifs is 2. The number of nitrogens with one attached hydrogen (secondary N) is 1. The van der Waals surface area contributed by atoms with Crippen LogP contribution in [0.2, 0.25) is 0 Å². The van der Waals surface area contributed by atoms with Gasteiger partial charge in [-0.15, -0.1) is 11.3 Å². The highest BCUT2D eigenvalue weighted by Crippen LogP contribution is 2.32. The number of alkyl halides is 3. The van der Waals surface area contributed by atoms with E-state index in [-0.39, 0.29) is 0 Å². The van der Waals surface area contributed by atoms with Gasteiger partial charge in [-0.1, -0.05) is 66.7 Å². The van der Waals surface area contributed by atoms with Gasteiger partial charge in [-0.25, -0.2) is 9.56 Å². The van der Waals surface area contributed by atoms with E-state index in [0.717, 1.165) is 58.2 Å². The summed E-state index contributed by atoms with van der Waals surface area (Å²) in [6.07, 6.45) is -5.19. The molecule has 0 radical (unpaired) electrons. The molecular weight excluding hydrogens is 810 g/mol. The summed E-state index contributed by atoms with van der Waals surface area (Å²) in [5.41, 5.74) is 6.52. The monoisotopic (exact) mass is 860 g/mol. The van der Waals surface area contributed by atoms with Gasteiger partial charge in [0.2, 0.25) is 5.36 Å². The third-order valence-electron chi connectivity index (χ3n) is 9.09. The number of hydrogen-bond acceptors (Lipinski definition) is 11. The minimum atomic E-state index is -5.19. The summed E-state index contributed by atoms with van der Waals surface area (Å²) in [6, 6.07) is 39.3. The number of anilines is 1. The fraction of sp³-hybridized carbons (Fsp3) is 0.326. The molecule has 0 spiro atoms. The molecule has 324 valence electrons. The molecule has 11 nitrogen and oxygen atoms in total. The van der Waals surface area contributed by atoms with Crippen LogP contribution in [0.4, 0.5) is 18.9 Å². The molecule has 1 aliphatic heterocycles. The SMILES string of the molecule is CN(CCOCCOCCOCCNCc1ccc(OCc2ccccc2)c(OCc2ccccc2)c1)c1ccc2nc3ccc(=[N+](C)C)cc-3sc2c1.O=C([O-])C(F)(F)F. The Balaban J connectivity index is 0.000000925. The molecule has 0 saturated heterocycles. The Morgan fingerprint density at radius 2 is 1.34 bits per heavy atom. The van der Waals surface area contributed by atoms with Crippen molar-refractivity contribution in [3.8, 4) is 22.1 Å². The fourth-order valence-electron chi connectivity index (χ4n) is 5.73. The summed E-state index contributed by atoms with van der Waals surface area (Å²) in [5.74, 6) is -1.55. The van der Waals surface area contributed by atoms with Gasteiger partial charge < -0.3 is 43.8 Å². The van der Waals surface area contributed by atoms with Crippen LogP contribution in [-0.2, 0) is 38.8 Å². The molecule has 0 aromatic heterocycles. The maximum Gasteiger partial charge on any atom is 0.430 e. The van der Waals surface area contributed by atoms with Gasteiger partial charge in [-0.3, -0.25) is 0 Å². The van der Waals surface area contributed by atoms with Crippen molar-refractivity contribution in [3.63, 3.8) is 0 Å². The molecular formula is C46H51F3N4O7S. The van der Waals surface area contributed by atoms with Crippen molar-refractivity contribution in [1.82, 2.24) is 14.9 Å². The van der Waals surface area contributed by atoms with E-state index in [0.29, 0.717) is 59.4 Å². The number of likely N-dealkylation sites (N-methyl/N-ethyl adjacent to an activating group) is 1. The largest absolute Gasteiger partial charge is 0.542 e. The maximum atomic E-state index is 10.5. The first-order chi connectivity index (χ1) is 29.5. The highest BCUT2D eigenvalue weighted by atomic mass is 32.1. The lowest BCUT2D eigenvalue weighted by Gasteiger charge is -2.20. The molecule has 4 aromatic rings. The van der Waals surface area contributed by atoms with Crippen LogP contribution >= 0.6 is 11.3 Å². The van der Waals surface area contributed by atoms with Gasteiger partial charge in [-0.05, 0) is 53.1 Å². The van der Waals surface area contributed by atoms with Crippen LogP contribution in [0.15, 0.2) is 115 Å². The third-order valence-corrected chi connectivity index (χ3v) is 10.2. The molecule has 0 unspecified atom stereocenters. The van der Waals surface area contributed by atoms with E-state index in [1.807, 2.05) is 42.5 Å². The first-order valence-corrected chi connectivity index (χ1v) is 20.5. The van der Waals surface area contributed by atoms with Crippen molar-refractivity contribution >= 4 is 33.2 Å². The number of carbonyl (C=O) groups excluding carboxylic acids is 1. The third kappa shape index (κ3) is 15.8. The Labute approximate surface area is 357 Å². The minimum Gasteiger partial charge on any atom is -0.542 e. The zero-order valence-corrected chi connectivity index (χ0v) is 35.3. The molecule has 0 amide bonds. The average molecular weight is 861 g/mol. The number of rotatable bonds is 21. The first kappa shape index (κ1) is 46.5. The Hall–Kier alpha value is -5.58. The van der Waals surface area contributed by atoms with E-state index < -0.39 is 12.1 Å². The molecule has 1 N–H and O–H groups in total. The first-order valence-electron chi connectivity index (χ1n) is 19.7. The van der Waals surface area contributed by atoms with Gasteiger partial charge in [0.1, 0.15) is 33.3 Å². The molecule has 0 saturated carbocycles. The number of nitrogens with zero attached hydrogens (tertiary/aromatic N) is 3.